The van der Waals surface area contributed by atoms with Crippen LogP contribution in [0.25, 0.3) is 23.5 Å². The molecule has 2 aromatic heterocycles. The molecule has 0 atom stereocenters. The fraction of sp³-hybridized carbons (Fsp3) is 0.150. The summed E-state index contributed by atoms with van der Waals surface area (Å²) in [7, 11) is 1.97. The molecule has 4 rings (SSSR count). The molecule has 26 heavy (non-hydrogen) atoms. The zero-order chi connectivity index (χ0) is 18.1. The summed E-state index contributed by atoms with van der Waals surface area (Å²) in [4.78, 5) is 21.0. The van der Waals surface area contributed by atoms with E-state index in [1.807, 2.05) is 60.2 Å². The fourth-order valence-corrected chi connectivity index (χ4v) is 3.35. The summed E-state index contributed by atoms with van der Waals surface area (Å²) < 4.78 is 2.04. The van der Waals surface area contributed by atoms with Crippen molar-refractivity contribution in [3.63, 3.8) is 0 Å². The second kappa shape index (κ2) is 6.77. The maximum absolute atomic E-state index is 12.1. The van der Waals surface area contributed by atoms with E-state index in [0.717, 1.165) is 34.6 Å². The van der Waals surface area contributed by atoms with Crippen molar-refractivity contribution in [1.29, 1.82) is 0 Å². The van der Waals surface area contributed by atoms with Gasteiger partial charge in [-0.2, -0.15) is 0 Å². The Morgan fingerprint density at radius 1 is 1.23 bits per heavy atom. The third kappa shape index (κ3) is 3.13. The molecule has 1 aliphatic rings. The van der Waals surface area contributed by atoms with Crippen molar-refractivity contribution < 1.29 is 4.79 Å². The molecule has 6 heteroatoms. The van der Waals surface area contributed by atoms with Crippen molar-refractivity contribution in [2.24, 2.45) is 7.05 Å². The molecular weight excluding hydrogens is 348 g/mol. The lowest BCUT2D eigenvalue weighted by atomic mass is 10.1. The summed E-state index contributed by atoms with van der Waals surface area (Å²) in [5.74, 6) is 0.578. The first-order chi connectivity index (χ1) is 12.6. The van der Waals surface area contributed by atoms with Crippen molar-refractivity contribution in [2.75, 3.05) is 6.54 Å². The fourth-order valence-electron chi connectivity index (χ4n) is 3.16. The van der Waals surface area contributed by atoms with Gasteiger partial charge < -0.3 is 9.88 Å². The topological polar surface area (TPSA) is 59.8 Å². The average Bonchev–Trinajstić information content (AvgIpc) is 2.99. The molecule has 0 aliphatic carbocycles. The largest absolute Gasteiger partial charge is 0.352 e. The lowest BCUT2D eigenvalue weighted by Crippen LogP contribution is -2.31. The molecular formula is C20H17ClN4O. The summed E-state index contributed by atoms with van der Waals surface area (Å²) in [6, 6.07) is 11.3. The van der Waals surface area contributed by atoms with Gasteiger partial charge in [-0.05, 0) is 35.9 Å². The number of amides is 1. The number of carbonyl (C=O) groups excluding carboxylic acids is 1. The lowest BCUT2D eigenvalue weighted by Gasteiger charge is -2.14. The number of hydrogen-bond donors (Lipinski definition) is 1. The van der Waals surface area contributed by atoms with Crippen molar-refractivity contribution in [1.82, 2.24) is 19.9 Å². The SMILES string of the molecule is Cn1c(-c2ccnc(C=Cc3cccc(Cl)c3)n2)cc2c1CCNC2=O. The lowest BCUT2D eigenvalue weighted by molar-refractivity contribution is 0.0945. The Morgan fingerprint density at radius 3 is 2.92 bits per heavy atom. The molecule has 3 heterocycles. The third-order valence-corrected chi connectivity index (χ3v) is 4.70. The molecule has 0 radical (unpaired) electrons. The molecule has 1 N–H and O–H groups in total. The van der Waals surface area contributed by atoms with E-state index in [4.69, 9.17) is 11.6 Å². The summed E-state index contributed by atoms with van der Waals surface area (Å²) >= 11 is 6.01. The highest BCUT2D eigenvalue weighted by Gasteiger charge is 2.23. The van der Waals surface area contributed by atoms with Crippen LogP contribution in [0.5, 0.6) is 0 Å². The highest BCUT2D eigenvalue weighted by molar-refractivity contribution is 6.30. The van der Waals surface area contributed by atoms with Gasteiger partial charge >= 0.3 is 0 Å². The monoisotopic (exact) mass is 364 g/mol. The van der Waals surface area contributed by atoms with E-state index in [9.17, 15) is 4.79 Å². The molecule has 0 unspecified atom stereocenters. The van der Waals surface area contributed by atoms with E-state index in [1.165, 1.54) is 0 Å². The normalized spacial score (nSPS) is 13.7. The summed E-state index contributed by atoms with van der Waals surface area (Å²) in [6.45, 7) is 0.667. The van der Waals surface area contributed by atoms with Crippen LogP contribution in [0.15, 0.2) is 42.6 Å². The number of nitrogens with one attached hydrogen (secondary N) is 1. The van der Waals surface area contributed by atoms with Gasteiger partial charge in [0.15, 0.2) is 5.82 Å². The maximum atomic E-state index is 12.1. The quantitative estimate of drug-likeness (QED) is 0.772. The Balaban J connectivity index is 1.67. The number of nitrogens with zero attached hydrogens (tertiary/aromatic N) is 3. The first-order valence-corrected chi connectivity index (χ1v) is 8.73. The first-order valence-electron chi connectivity index (χ1n) is 8.36. The van der Waals surface area contributed by atoms with E-state index in [1.54, 1.807) is 6.20 Å². The van der Waals surface area contributed by atoms with Gasteiger partial charge in [0.1, 0.15) is 0 Å². The van der Waals surface area contributed by atoms with Gasteiger partial charge in [-0.15, -0.1) is 0 Å². The number of benzene rings is 1. The Labute approximate surface area is 156 Å². The Morgan fingerprint density at radius 2 is 2.12 bits per heavy atom. The average molecular weight is 365 g/mol. The van der Waals surface area contributed by atoms with Gasteiger partial charge in [0.25, 0.3) is 5.91 Å². The second-order valence-electron chi connectivity index (χ2n) is 6.14. The van der Waals surface area contributed by atoms with Gasteiger partial charge in [-0.1, -0.05) is 29.8 Å². The van der Waals surface area contributed by atoms with Crippen molar-refractivity contribution in [3.8, 4) is 11.4 Å². The van der Waals surface area contributed by atoms with Crippen LogP contribution in [0.1, 0.15) is 27.4 Å². The van der Waals surface area contributed by atoms with E-state index < -0.39 is 0 Å². The van der Waals surface area contributed by atoms with Crippen molar-refractivity contribution in [2.45, 2.75) is 6.42 Å². The van der Waals surface area contributed by atoms with E-state index in [0.29, 0.717) is 17.4 Å². The van der Waals surface area contributed by atoms with Crippen molar-refractivity contribution >= 4 is 29.7 Å². The number of halogens is 1. The second-order valence-corrected chi connectivity index (χ2v) is 6.58. The van der Waals surface area contributed by atoms with Crippen molar-refractivity contribution in [3.05, 3.63) is 70.3 Å². The molecule has 1 amide bonds. The van der Waals surface area contributed by atoms with E-state index in [2.05, 4.69) is 15.3 Å². The molecule has 0 saturated heterocycles. The van der Waals surface area contributed by atoms with E-state index >= 15 is 0 Å². The minimum atomic E-state index is -0.0248. The summed E-state index contributed by atoms with van der Waals surface area (Å²) in [5.41, 5.74) is 4.45. The molecule has 1 aromatic carbocycles. The van der Waals surface area contributed by atoms with Crippen LogP contribution in [0.3, 0.4) is 0 Å². The predicted molar refractivity (Wildman–Crippen MR) is 103 cm³/mol. The molecule has 0 bridgehead atoms. The third-order valence-electron chi connectivity index (χ3n) is 4.46. The van der Waals surface area contributed by atoms with Crippen LogP contribution >= 0.6 is 11.6 Å². The number of hydrogen-bond acceptors (Lipinski definition) is 3. The zero-order valence-electron chi connectivity index (χ0n) is 14.2. The summed E-state index contributed by atoms with van der Waals surface area (Å²) in [5, 5.41) is 3.57. The van der Waals surface area contributed by atoms with Gasteiger partial charge in [-0.25, -0.2) is 9.97 Å². The molecule has 130 valence electrons. The number of aromatic nitrogens is 3. The maximum Gasteiger partial charge on any atom is 0.253 e. The first kappa shape index (κ1) is 16.5. The Kier molecular flexibility index (Phi) is 4.31. The van der Waals surface area contributed by atoms with Crippen LogP contribution in [-0.4, -0.2) is 27.0 Å². The van der Waals surface area contributed by atoms with E-state index in [-0.39, 0.29) is 5.91 Å². The van der Waals surface area contributed by atoms with Crippen LogP contribution in [-0.2, 0) is 13.5 Å². The minimum absolute atomic E-state index is 0.0248. The number of rotatable bonds is 3. The van der Waals surface area contributed by atoms with Gasteiger partial charge in [0, 0.05) is 36.9 Å². The summed E-state index contributed by atoms with van der Waals surface area (Å²) in [6.07, 6.45) is 6.33. The van der Waals surface area contributed by atoms with Gasteiger partial charge in [-0.3, -0.25) is 4.79 Å². The van der Waals surface area contributed by atoms with Crippen LogP contribution in [0, 0.1) is 0 Å². The highest BCUT2D eigenvalue weighted by Crippen LogP contribution is 2.26. The Bertz CT molecular complexity index is 1020. The Hall–Kier alpha value is -2.92. The zero-order valence-corrected chi connectivity index (χ0v) is 15.0. The molecule has 5 nitrogen and oxygen atoms in total. The van der Waals surface area contributed by atoms with Crippen LogP contribution in [0.2, 0.25) is 5.02 Å². The molecule has 1 aliphatic heterocycles. The highest BCUT2D eigenvalue weighted by atomic mass is 35.5. The smallest absolute Gasteiger partial charge is 0.253 e. The molecule has 0 fully saturated rings. The number of fused-ring (bicyclic) bond motifs is 1. The van der Waals surface area contributed by atoms with Gasteiger partial charge in [0.05, 0.1) is 17.0 Å². The number of carbonyl (C=O) groups is 1. The van der Waals surface area contributed by atoms with Gasteiger partial charge in [0.2, 0.25) is 0 Å². The molecule has 0 spiro atoms. The van der Waals surface area contributed by atoms with Crippen LogP contribution in [0.4, 0.5) is 0 Å². The molecule has 0 saturated carbocycles. The molecule has 3 aromatic rings. The minimum Gasteiger partial charge on any atom is -0.352 e. The standard InChI is InChI=1S/C20H17ClN4O/c1-25-17-8-10-23-20(26)15(17)12-18(25)16-7-9-22-19(24-16)6-5-13-3-2-4-14(21)11-13/h2-7,9,11-12H,8,10H2,1H3,(H,23,26). The van der Waals surface area contributed by atoms with Crippen LogP contribution < -0.4 is 5.32 Å². The predicted octanol–water partition coefficient (Wildman–Crippen LogP) is 3.59.